The molecule has 3 aromatic rings. The van der Waals surface area contributed by atoms with Gasteiger partial charge in [-0.1, -0.05) is 0 Å². The molecule has 1 N–H and O–H groups in total. The van der Waals surface area contributed by atoms with E-state index in [1.807, 2.05) is 32.0 Å². The first-order valence-corrected chi connectivity index (χ1v) is 10.1. The van der Waals surface area contributed by atoms with E-state index >= 15 is 0 Å². The zero-order chi connectivity index (χ0) is 21.0. The van der Waals surface area contributed by atoms with Crippen LogP contribution in [0, 0.1) is 0 Å². The third-order valence-electron chi connectivity index (χ3n) is 6.17. The highest BCUT2D eigenvalue weighted by Crippen LogP contribution is 2.45. The summed E-state index contributed by atoms with van der Waals surface area (Å²) in [5.74, 6) is 1.22. The number of anilines is 1. The zero-order valence-electron chi connectivity index (χ0n) is 17.2. The molecule has 154 valence electrons. The molecular weight excluding hydrogens is 382 g/mol. The number of fused-ring (bicyclic) bond motifs is 5. The van der Waals surface area contributed by atoms with E-state index in [-0.39, 0.29) is 11.9 Å². The number of amides is 3. The third-order valence-corrected chi connectivity index (χ3v) is 6.17. The van der Waals surface area contributed by atoms with Gasteiger partial charge in [-0.05, 0) is 68.3 Å². The Morgan fingerprint density at radius 2 is 1.83 bits per heavy atom. The Labute approximate surface area is 174 Å². The van der Waals surface area contributed by atoms with Crippen LogP contribution in [0.2, 0.25) is 0 Å². The molecule has 5 rings (SSSR count). The molecule has 3 heterocycles. The molecule has 1 saturated heterocycles. The Morgan fingerprint density at radius 3 is 2.53 bits per heavy atom. The summed E-state index contributed by atoms with van der Waals surface area (Å²) >= 11 is 0. The largest absolute Gasteiger partial charge is 0.497 e. The molecule has 2 aromatic carbocycles. The van der Waals surface area contributed by atoms with E-state index in [1.165, 1.54) is 4.90 Å². The first-order chi connectivity index (χ1) is 14.5. The SMILES string of the molecule is CCOc1ccc(N2C(=O)N3CCc4c([nH]c5ccc(OC)cc45)C3(C)C2=O)cc1. The molecular formula is C23H23N3O4. The molecule has 1 aromatic heterocycles. The number of methoxy groups -OCH3 is 1. The van der Waals surface area contributed by atoms with Gasteiger partial charge in [0, 0.05) is 17.4 Å². The molecule has 3 amide bonds. The number of carbonyl (C=O) groups excluding carboxylic acids is 2. The molecule has 30 heavy (non-hydrogen) atoms. The van der Waals surface area contributed by atoms with Gasteiger partial charge >= 0.3 is 6.03 Å². The predicted molar refractivity (Wildman–Crippen MR) is 113 cm³/mol. The Hall–Kier alpha value is -3.48. The minimum absolute atomic E-state index is 0.254. The number of rotatable bonds is 4. The maximum Gasteiger partial charge on any atom is 0.332 e. The fourth-order valence-corrected chi connectivity index (χ4v) is 4.63. The number of imide groups is 1. The highest BCUT2D eigenvalue weighted by Gasteiger charge is 2.59. The summed E-state index contributed by atoms with van der Waals surface area (Å²) in [6.07, 6.45) is 0.675. The fraction of sp³-hybridized carbons (Fsp3) is 0.304. The van der Waals surface area contributed by atoms with Gasteiger partial charge in [-0.25, -0.2) is 9.69 Å². The highest BCUT2D eigenvalue weighted by atomic mass is 16.5. The van der Waals surface area contributed by atoms with E-state index in [0.717, 1.165) is 27.9 Å². The minimum atomic E-state index is -1.07. The number of aromatic amines is 1. The fourth-order valence-electron chi connectivity index (χ4n) is 4.63. The van der Waals surface area contributed by atoms with Crippen LogP contribution in [0.5, 0.6) is 11.5 Å². The molecule has 1 unspecified atom stereocenters. The van der Waals surface area contributed by atoms with Crippen molar-refractivity contribution in [2.24, 2.45) is 0 Å². The van der Waals surface area contributed by atoms with E-state index in [2.05, 4.69) is 4.98 Å². The maximum atomic E-state index is 13.6. The van der Waals surface area contributed by atoms with Crippen LogP contribution in [0.15, 0.2) is 42.5 Å². The number of aromatic nitrogens is 1. The second-order valence-corrected chi connectivity index (χ2v) is 7.71. The normalized spacial score (nSPS) is 20.5. The number of hydrogen-bond acceptors (Lipinski definition) is 4. The number of H-pyrrole nitrogens is 1. The molecule has 0 saturated carbocycles. The summed E-state index contributed by atoms with van der Waals surface area (Å²) in [5.41, 5.74) is 2.25. The lowest BCUT2D eigenvalue weighted by Gasteiger charge is -2.35. The Balaban J connectivity index is 1.60. The average molecular weight is 405 g/mol. The van der Waals surface area contributed by atoms with Crippen molar-refractivity contribution in [3.8, 4) is 11.5 Å². The number of ether oxygens (including phenoxy) is 2. The summed E-state index contributed by atoms with van der Waals surface area (Å²) in [4.78, 5) is 33.2. The van der Waals surface area contributed by atoms with Crippen molar-refractivity contribution < 1.29 is 19.1 Å². The van der Waals surface area contributed by atoms with Crippen LogP contribution in [0.1, 0.15) is 25.1 Å². The van der Waals surface area contributed by atoms with Crippen molar-refractivity contribution in [2.75, 3.05) is 25.2 Å². The Bertz CT molecular complexity index is 1170. The summed E-state index contributed by atoms with van der Waals surface area (Å²) in [5, 5.41) is 1.03. The van der Waals surface area contributed by atoms with Crippen LogP contribution < -0.4 is 14.4 Å². The van der Waals surface area contributed by atoms with Gasteiger partial charge in [-0.15, -0.1) is 0 Å². The third kappa shape index (κ3) is 2.38. The Morgan fingerprint density at radius 1 is 1.10 bits per heavy atom. The van der Waals surface area contributed by atoms with Crippen LogP contribution >= 0.6 is 0 Å². The zero-order valence-corrected chi connectivity index (χ0v) is 17.2. The average Bonchev–Trinajstić information content (AvgIpc) is 3.22. The van der Waals surface area contributed by atoms with Gasteiger partial charge in [0.2, 0.25) is 0 Å². The van der Waals surface area contributed by atoms with E-state index in [1.54, 1.807) is 36.3 Å². The lowest BCUT2D eigenvalue weighted by atomic mass is 9.87. The molecule has 7 nitrogen and oxygen atoms in total. The van der Waals surface area contributed by atoms with Crippen LogP contribution in [-0.2, 0) is 16.8 Å². The van der Waals surface area contributed by atoms with Gasteiger partial charge in [0.25, 0.3) is 5.91 Å². The second kappa shape index (κ2) is 6.52. The minimum Gasteiger partial charge on any atom is -0.497 e. The molecule has 1 fully saturated rings. The summed E-state index contributed by atoms with van der Waals surface area (Å²) < 4.78 is 10.8. The quantitative estimate of drug-likeness (QED) is 0.670. The van der Waals surface area contributed by atoms with Crippen LogP contribution in [0.4, 0.5) is 10.5 Å². The van der Waals surface area contributed by atoms with Gasteiger partial charge in [0.15, 0.2) is 5.54 Å². The van der Waals surface area contributed by atoms with Crippen LogP contribution in [-0.4, -0.2) is 42.1 Å². The lowest BCUT2D eigenvalue weighted by molar-refractivity contribution is -0.125. The van der Waals surface area contributed by atoms with Crippen LogP contribution in [0.3, 0.4) is 0 Å². The van der Waals surface area contributed by atoms with E-state index in [4.69, 9.17) is 9.47 Å². The van der Waals surface area contributed by atoms with Crippen molar-refractivity contribution in [1.29, 1.82) is 0 Å². The predicted octanol–water partition coefficient (Wildman–Crippen LogP) is 3.82. The number of nitrogens with zero attached hydrogens (tertiary/aromatic N) is 2. The lowest BCUT2D eigenvalue weighted by Crippen LogP contribution is -2.49. The van der Waals surface area contributed by atoms with Crippen molar-refractivity contribution in [3.05, 3.63) is 53.7 Å². The van der Waals surface area contributed by atoms with Gasteiger partial charge in [-0.3, -0.25) is 4.79 Å². The van der Waals surface area contributed by atoms with Gasteiger partial charge in [0.05, 0.1) is 25.1 Å². The van der Waals surface area contributed by atoms with Crippen LogP contribution in [0.25, 0.3) is 10.9 Å². The topological polar surface area (TPSA) is 74.9 Å². The molecule has 0 radical (unpaired) electrons. The van der Waals surface area contributed by atoms with Crippen molar-refractivity contribution in [1.82, 2.24) is 9.88 Å². The first-order valence-electron chi connectivity index (χ1n) is 10.1. The molecule has 1 atom stereocenters. The summed E-state index contributed by atoms with van der Waals surface area (Å²) in [7, 11) is 1.64. The van der Waals surface area contributed by atoms with E-state index in [0.29, 0.717) is 31.0 Å². The van der Waals surface area contributed by atoms with E-state index in [9.17, 15) is 9.59 Å². The monoisotopic (exact) mass is 405 g/mol. The molecule has 0 bridgehead atoms. The number of nitrogens with one attached hydrogen (secondary N) is 1. The maximum absolute atomic E-state index is 13.6. The standard InChI is InChI=1S/C23H23N3O4/c1-4-30-15-7-5-14(6-8-15)26-21(27)23(2)20-17(11-12-25(23)22(26)28)18-13-16(29-3)9-10-19(18)24-20/h5-10,13,24H,4,11-12H2,1-3H3. The molecule has 2 aliphatic rings. The first kappa shape index (κ1) is 18.5. The number of benzene rings is 2. The van der Waals surface area contributed by atoms with Crippen molar-refractivity contribution in [3.63, 3.8) is 0 Å². The highest BCUT2D eigenvalue weighted by molar-refractivity contribution is 6.23. The second-order valence-electron chi connectivity index (χ2n) is 7.71. The van der Waals surface area contributed by atoms with Gasteiger partial charge in [0.1, 0.15) is 11.5 Å². The number of carbonyl (C=O) groups is 2. The molecule has 0 spiro atoms. The van der Waals surface area contributed by atoms with Gasteiger partial charge < -0.3 is 19.4 Å². The van der Waals surface area contributed by atoms with Crippen molar-refractivity contribution in [2.45, 2.75) is 25.8 Å². The molecule has 2 aliphatic heterocycles. The van der Waals surface area contributed by atoms with Gasteiger partial charge in [-0.2, -0.15) is 0 Å². The van der Waals surface area contributed by atoms with Crippen molar-refractivity contribution >= 4 is 28.5 Å². The number of hydrogen-bond donors (Lipinski definition) is 1. The smallest absolute Gasteiger partial charge is 0.332 e. The van der Waals surface area contributed by atoms with E-state index < -0.39 is 5.54 Å². The Kier molecular flexibility index (Phi) is 4.03. The summed E-state index contributed by atoms with van der Waals surface area (Å²) in [6.45, 7) is 4.77. The number of urea groups is 1. The molecule has 7 heteroatoms. The summed E-state index contributed by atoms with van der Waals surface area (Å²) in [6, 6.07) is 12.6. The molecule has 0 aliphatic carbocycles.